The Balaban J connectivity index is 2.94. The molecule has 17 heavy (non-hydrogen) atoms. The molecule has 0 bridgehead atoms. The standard InChI is InChI=1S/C13H20ClN3/c1-13(2,3)8-17(4)9-5-6-10(12(15)16)11(14)7-9/h5-7H,8H2,1-4H3,(H3,15,16). The number of nitrogens with one attached hydrogen (secondary N) is 1. The monoisotopic (exact) mass is 253 g/mol. The van der Waals surface area contributed by atoms with Crippen molar-refractivity contribution in [3.05, 3.63) is 28.8 Å². The molecule has 0 saturated heterocycles. The van der Waals surface area contributed by atoms with Crippen LogP contribution in [0.15, 0.2) is 18.2 Å². The predicted octanol–water partition coefficient (Wildman–Crippen LogP) is 3.11. The maximum absolute atomic E-state index is 7.38. The van der Waals surface area contributed by atoms with Crippen molar-refractivity contribution in [2.75, 3.05) is 18.5 Å². The summed E-state index contributed by atoms with van der Waals surface area (Å²) in [6.07, 6.45) is 0. The minimum absolute atomic E-state index is 0.0000226. The Kier molecular flexibility index (Phi) is 4.04. The van der Waals surface area contributed by atoms with E-state index < -0.39 is 0 Å². The number of nitrogens with zero attached hydrogens (tertiary/aromatic N) is 1. The van der Waals surface area contributed by atoms with Gasteiger partial charge < -0.3 is 10.6 Å². The van der Waals surface area contributed by atoms with Gasteiger partial charge in [0.1, 0.15) is 5.84 Å². The number of hydrogen-bond acceptors (Lipinski definition) is 2. The zero-order chi connectivity index (χ0) is 13.2. The first-order valence-electron chi connectivity index (χ1n) is 5.56. The molecule has 0 amide bonds. The van der Waals surface area contributed by atoms with Gasteiger partial charge in [0.15, 0.2) is 0 Å². The Bertz CT molecular complexity index is 421. The van der Waals surface area contributed by atoms with Crippen molar-refractivity contribution in [3.8, 4) is 0 Å². The van der Waals surface area contributed by atoms with Crippen molar-refractivity contribution in [2.24, 2.45) is 11.1 Å². The van der Waals surface area contributed by atoms with Gasteiger partial charge in [-0.3, -0.25) is 5.41 Å². The average Bonchev–Trinajstić information content (AvgIpc) is 2.14. The van der Waals surface area contributed by atoms with Crippen LogP contribution in [0.3, 0.4) is 0 Å². The molecule has 0 atom stereocenters. The van der Waals surface area contributed by atoms with Crippen LogP contribution in [0.4, 0.5) is 5.69 Å². The Morgan fingerprint density at radius 2 is 2.00 bits per heavy atom. The molecule has 1 aromatic rings. The van der Waals surface area contributed by atoms with Crippen LogP contribution in [-0.4, -0.2) is 19.4 Å². The van der Waals surface area contributed by atoms with Crippen molar-refractivity contribution >= 4 is 23.1 Å². The minimum Gasteiger partial charge on any atom is -0.384 e. The van der Waals surface area contributed by atoms with Crippen molar-refractivity contribution in [1.29, 1.82) is 5.41 Å². The molecule has 0 aliphatic carbocycles. The molecule has 0 unspecified atom stereocenters. The fourth-order valence-electron chi connectivity index (χ4n) is 1.76. The Hall–Kier alpha value is -1.22. The second kappa shape index (κ2) is 4.96. The summed E-state index contributed by atoms with van der Waals surface area (Å²) in [5, 5.41) is 7.90. The number of anilines is 1. The third kappa shape index (κ3) is 3.93. The van der Waals surface area contributed by atoms with Crippen LogP contribution in [0.2, 0.25) is 5.02 Å². The third-order valence-corrected chi connectivity index (χ3v) is 2.71. The van der Waals surface area contributed by atoms with Crippen molar-refractivity contribution in [3.63, 3.8) is 0 Å². The number of hydrogen-bond donors (Lipinski definition) is 2. The first kappa shape index (κ1) is 13.8. The molecule has 0 radical (unpaired) electrons. The smallest absolute Gasteiger partial charge is 0.124 e. The van der Waals surface area contributed by atoms with Crippen LogP contribution in [0.1, 0.15) is 26.3 Å². The van der Waals surface area contributed by atoms with Crippen molar-refractivity contribution in [2.45, 2.75) is 20.8 Å². The molecule has 0 aliphatic rings. The topological polar surface area (TPSA) is 53.1 Å². The second-order valence-electron chi connectivity index (χ2n) is 5.49. The van der Waals surface area contributed by atoms with E-state index in [0.717, 1.165) is 12.2 Å². The minimum atomic E-state index is 0.0000226. The van der Waals surface area contributed by atoms with Gasteiger partial charge in [-0.25, -0.2) is 0 Å². The molecule has 4 heteroatoms. The van der Waals surface area contributed by atoms with E-state index in [-0.39, 0.29) is 11.3 Å². The van der Waals surface area contributed by atoms with Gasteiger partial charge in [0, 0.05) is 24.8 Å². The maximum Gasteiger partial charge on any atom is 0.124 e. The van der Waals surface area contributed by atoms with Gasteiger partial charge in [0.25, 0.3) is 0 Å². The molecule has 3 nitrogen and oxygen atoms in total. The van der Waals surface area contributed by atoms with Crippen LogP contribution in [0, 0.1) is 10.8 Å². The zero-order valence-corrected chi connectivity index (χ0v) is 11.6. The summed E-state index contributed by atoms with van der Waals surface area (Å²) in [6.45, 7) is 7.50. The highest BCUT2D eigenvalue weighted by Crippen LogP contribution is 2.25. The van der Waals surface area contributed by atoms with E-state index in [0.29, 0.717) is 10.6 Å². The molecule has 0 aliphatic heterocycles. The quantitative estimate of drug-likeness (QED) is 0.642. The first-order valence-corrected chi connectivity index (χ1v) is 5.93. The lowest BCUT2D eigenvalue weighted by Crippen LogP contribution is -2.29. The van der Waals surface area contributed by atoms with Crippen molar-refractivity contribution in [1.82, 2.24) is 0 Å². The lowest BCUT2D eigenvalue weighted by molar-refractivity contribution is 0.419. The van der Waals surface area contributed by atoms with Crippen LogP contribution >= 0.6 is 11.6 Å². The summed E-state index contributed by atoms with van der Waals surface area (Å²) in [4.78, 5) is 2.15. The number of amidine groups is 1. The summed E-state index contributed by atoms with van der Waals surface area (Å²) in [5.74, 6) is 0.0000226. The summed E-state index contributed by atoms with van der Waals surface area (Å²) in [6, 6.07) is 5.58. The Labute approximate surface area is 108 Å². The number of rotatable bonds is 3. The average molecular weight is 254 g/mol. The van der Waals surface area contributed by atoms with Crippen LogP contribution in [0.25, 0.3) is 0 Å². The number of nitrogens with two attached hydrogens (primary N) is 1. The molecule has 1 aromatic carbocycles. The van der Waals surface area contributed by atoms with E-state index in [9.17, 15) is 0 Å². The second-order valence-corrected chi connectivity index (χ2v) is 5.90. The van der Waals surface area contributed by atoms with Gasteiger partial charge in [0.2, 0.25) is 0 Å². The number of nitrogen functional groups attached to an aromatic ring is 1. The largest absolute Gasteiger partial charge is 0.384 e. The van der Waals surface area contributed by atoms with E-state index in [1.165, 1.54) is 0 Å². The molecule has 0 spiro atoms. The summed E-state index contributed by atoms with van der Waals surface area (Å²) >= 11 is 6.09. The fraction of sp³-hybridized carbons (Fsp3) is 0.462. The van der Waals surface area contributed by atoms with E-state index >= 15 is 0 Å². The fourth-order valence-corrected chi connectivity index (χ4v) is 2.04. The highest BCUT2D eigenvalue weighted by molar-refractivity contribution is 6.34. The Morgan fingerprint density at radius 3 is 2.41 bits per heavy atom. The highest BCUT2D eigenvalue weighted by Gasteiger charge is 2.15. The van der Waals surface area contributed by atoms with E-state index in [2.05, 4.69) is 25.7 Å². The van der Waals surface area contributed by atoms with Crippen LogP contribution in [-0.2, 0) is 0 Å². The van der Waals surface area contributed by atoms with E-state index in [1.807, 2.05) is 19.2 Å². The highest BCUT2D eigenvalue weighted by atomic mass is 35.5. The summed E-state index contributed by atoms with van der Waals surface area (Å²) in [5.41, 5.74) is 7.27. The number of halogens is 1. The molecule has 94 valence electrons. The van der Waals surface area contributed by atoms with E-state index in [1.54, 1.807) is 6.07 Å². The molecule has 3 N–H and O–H groups in total. The van der Waals surface area contributed by atoms with Crippen LogP contribution in [0.5, 0.6) is 0 Å². The SMILES string of the molecule is CN(CC(C)(C)C)c1ccc(C(=N)N)c(Cl)c1. The van der Waals surface area contributed by atoms with Gasteiger partial charge in [-0.2, -0.15) is 0 Å². The number of benzene rings is 1. The normalized spacial score (nSPS) is 11.4. The summed E-state index contributed by atoms with van der Waals surface area (Å²) in [7, 11) is 2.03. The first-order chi connectivity index (χ1) is 7.70. The lowest BCUT2D eigenvalue weighted by Gasteiger charge is -2.28. The van der Waals surface area contributed by atoms with Gasteiger partial charge in [-0.15, -0.1) is 0 Å². The van der Waals surface area contributed by atoms with E-state index in [4.69, 9.17) is 22.7 Å². The molecule has 1 rings (SSSR count). The Morgan fingerprint density at radius 1 is 1.41 bits per heavy atom. The third-order valence-electron chi connectivity index (χ3n) is 2.40. The summed E-state index contributed by atoms with van der Waals surface area (Å²) < 4.78 is 0. The predicted molar refractivity (Wildman–Crippen MR) is 75.2 cm³/mol. The van der Waals surface area contributed by atoms with Gasteiger partial charge >= 0.3 is 0 Å². The molecule has 0 aromatic heterocycles. The maximum atomic E-state index is 7.38. The molecule has 0 saturated carbocycles. The molecular weight excluding hydrogens is 234 g/mol. The van der Waals surface area contributed by atoms with Gasteiger partial charge in [-0.05, 0) is 23.6 Å². The molecule has 0 fully saturated rings. The molecular formula is C13H20ClN3. The van der Waals surface area contributed by atoms with Crippen LogP contribution < -0.4 is 10.6 Å². The lowest BCUT2D eigenvalue weighted by atomic mass is 9.96. The van der Waals surface area contributed by atoms with Crippen molar-refractivity contribution < 1.29 is 0 Å². The zero-order valence-electron chi connectivity index (χ0n) is 10.8. The van der Waals surface area contributed by atoms with Gasteiger partial charge in [0.05, 0.1) is 5.02 Å². The van der Waals surface area contributed by atoms with Gasteiger partial charge in [-0.1, -0.05) is 32.4 Å². The molecule has 0 heterocycles.